The van der Waals surface area contributed by atoms with E-state index in [1.165, 1.54) is 25.7 Å². The Morgan fingerprint density at radius 3 is 2.85 bits per heavy atom. The molecule has 3 heterocycles. The standard InChI is InChI=1S/C19H19N7O/c1-25-17-7-6-13(9-15(17)23-24-25)22-19(27)12-8-16-18(20-10-12)26(11-21-16)14-4-2-3-5-14/h6-11,14H,2-5H2,1H3,(H,22,27). The van der Waals surface area contributed by atoms with Crippen LogP contribution < -0.4 is 5.32 Å². The van der Waals surface area contributed by atoms with Crippen LogP contribution >= 0.6 is 0 Å². The van der Waals surface area contributed by atoms with Gasteiger partial charge in [0, 0.05) is 25.0 Å². The average molecular weight is 361 g/mol. The monoisotopic (exact) mass is 361 g/mol. The molecule has 5 rings (SSSR count). The fourth-order valence-electron chi connectivity index (χ4n) is 3.81. The summed E-state index contributed by atoms with van der Waals surface area (Å²) in [5.41, 5.74) is 4.40. The van der Waals surface area contributed by atoms with E-state index >= 15 is 0 Å². The van der Waals surface area contributed by atoms with E-state index in [1.807, 2.05) is 25.5 Å². The van der Waals surface area contributed by atoms with E-state index < -0.39 is 0 Å². The summed E-state index contributed by atoms with van der Waals surface area (Å²) in [6.07, 6.45) is 8.30. The summed E-state index contributed by atoms with van der Waals surface area (Å²) in [5, 5.41) is 10.9. The second-order valence-electron chi connectivity index (χ2n) is 7.03. The minimum atomic E-state index is -0.219. The molecular weight excluding hydrogens is 342 g/mol. The van der Waals surface area contributed by atoms with Gasteiger partial charge in [0.1, 0.15) is 11.0 Å². The molecule has 0 saturated heterocycles. The number of nitrogens with one attached hydrogen (secondary N) is 1. The first-order valence-electron chi connectivity index (χ1n) is 9.12. The van der Waals surface area contributed by atoms with Crippen LogP contribution in [-0.2, 0) is 7.05 Å². The van der Waals surface area contributed by atoms with Crippen molar-refractivity contribution >= 4 is 33.8 Å². The van der Waals surface area contributed by atoms with Crippen LogP contribution in [0.1, 0.15) is 42.1 Å². The highest BCUT2D eigenvalue weighted by Crippen LogP contribution is 2.31. The third kappa shape index (κ3) is 2.73. The molecule has 3 aromatic heterocycles. The van der Waals surface area contributed by atoms with Crippen molar-refractivity contribution in [2.75, 3.05) is 5.32 Å². The van der Waals surface area contributed by atoms with E-state index in [2.05, 4.69) is 30.2 Å². The Bertz CT molecular complexity index is 1150. The number of hydrogen-bond donors (Lipinski definition) is 1. The number of amides is 1. The number of aromatic nitrogens is 6. The molecule has 1 amide bonds. The molecule has 1 fully saturated rings. The molecule has 1 aliphatic carbocycles. The van der Waals surface area contributed by atoms with Gasteiger partial charge in [-0.2, -0.15) is 0 Å². The van der Waals surface area contributed by atoms with E-state index in [-0.39, 0.29) is 5.91 Å². The lowest BCUT2D eigenvalue weighted by Crippen LogP contribution is -2.12. The third-order valence-electron chi connectivity index (χ3n) is 5.26. The number of hydrogen-bond acceptors (Lipinski definition) is 5. The average Bonchev–Trinajstić information content (AvgIpc) is 3.41. The highest BCUT2D eigenvalue weighted by molar-refractivity contribution is 6.06. The smallest absolute Gasteiger partial charge is 0.257 e. The zero-order chi connectivity index (χ0) is 18.4. The second-order valence-corrected chi connectivity index (χ2v) is 7.03. The van der Waals surface area contributed by atoms with Crippen LogP contribution in [0, 0.1) is 0 Å². The number of aryl methyl sites for hydroxylation is 1. The predicted octanol–water partition coefficient (Wildman–Crippen LogP) is 3.08. The molecule has 0 aliphatic heterocycles. The van der Waals surface area contributed by atoms with E-state index in [9.17, 15) is 4.79 Å². The number of carbonyl (C=O) groups excluding carboxylic acids is 1. The summed E-state index contributed by atoms with van der Waals surface area (Å²) in [4.78, 5) is 21.6. The van der Waals surface area contributed by atoms with Crippen molar-refractivity contribution in [2.24, 2.45) is 7.05 Å². The Morgan fingerprint density at radius 1 is 1.15 bits per heavy atom. The molecule has 1 aliphatic rings. The first-order valence-corrected chi connectivity index (χ1v) is 9.12. The summed E-state index contributed by atoms with van der Waals surface area (Å²) in [7, 11) is 1.83. The molecular formula is C19H19N7O. The number of nitrogens with zero attached hydrogens (tertiary/aromatic N) is 6. The zero-order valence-electron chi connectivity index (χ0n) is 15.0. The molecule has 0 unspecified atom stereocenters. The van der Waals surface area contributed by atoms with Crippen LogP contribution in [0.15, 0.2) is 36.8 Å². The highest BCUT2D eigenvalue weighted by atomic mass is 16.1. The Balaban J connectivity index is 1.41. The molecule has 8 nitrogen and oxygen atoms in total. The van der Waals surface area contributed by atoms with Gasteiger partial charge in [-0.3, -0.25) is 4.79 Å². The first-order chi connectivity index (χ1) is 13.2. The molecule has 0 spiro atoms. The Hall–Kier alpha value is -3.29. The molecule has 1 saturated carbocycles. The van der Waals surface area contributed by atoms with Crippen molar-refractivity contribution in [2.45, 2.75) is 31.7 Å². The van der Waals surface area contributed by atoms with Gasteiger partial charge in [-0.05, 0) is 37.1 Å². The van der Waals surface area contributed by atoms with Gasteiger partial charge in [0.15, 0.2) is 5.65 Å². The predicted molar refractivity (Wildman–Crippen MR) is 101 cm³/mol. The van der Waals surface area contributed by atoms with Gasteiger partial charge in [0.25, 0.3) is 5.91 Å². The van der Waals surface area contributed by atoms with E-state index in [1.54, 1.807) is 23.0 Å². The van der Waals surface area contributed by atoms with Gasteiger partial charge in [-0.15, -0.1) is 5.10 Å². The van der Waals surface area contributed by atoms with Crippen LogP contribution in [0.25, 0.3) is 22.2 Å². The number of benzene rings is 1. The van der Waals surface area contributed by atoms with E-state index in [0.29, 0.717) is 17.3 Å². The zero-order valence-corrected chi connectivity index (χ0v) is 15.0. The molecule has 1 aromatic carbocycles. The van der Waals surface area contributed by atoms with Gasteiger partial charge in [0.2, 0.25) is 0 Å². The van der Waals surface area contributed by atoms with Gasteiger partial charge in [0.05, 0.1) is 17.4 Å². The minimum absolute atomic E-state index is 0.219. The minimum Gasteiger partial charge on any atom is -0.322 e. The maximum Gasteiger partial charge on any atom is 0.257 e. The summed E-state index contributed by atoms with van der Waals surface area (Å²) in [6.45, 7) is 0. The summed E-state index contributed by atoms with van der Waals surface area (Å²) in [5.74, 6) is -0.219. The van der Waals surface area contributed by atoms with Crippen LogP contribution in [0.5, 0.6) is 0 Å². The lowest BCUT2D eigenvalue weighted by molar-refractivity contribution is 0.102. The molecule has 1 N–H and O–H groups in total. The number of fused-ring (bicyclic) bond motifs is 2. The summed E-state index contributed by atoms with van der Waals surface area (Å²) in [6, 6.07) is 7.80. The summed E-state index contributed by atoms with van der Waals surface area (Å²) < 4.78 is 3.84. The van der Waals surface area contributed by atoms with E-state index in [4.69, 9.17) is 0 Å². The maximum atomic E-state index is 12.6. The van der Waals surface area contributed by atoms with E-state index in [0.717, 1.165) is 22.2 Å². The SMILES string of the molecule is Cn1nnc2cc(NC(=O)c3cnc4c(c3)ncn4C3CCCC3)ccc21. The van der Waals surface area contributed by atoms with Crippen LogP contribution in [0.4, 0.5) is 5.69 Å². The Morgan fingerprint density at radius 2 is 2.00 bits per heavy atom. The maximum absolute atomic E-state index is 12.6. The van der Waals surface area contributed by atoms with Crippen LogP contribution in [-0.4, -0.2) is 35.4 Å². The third-order valence-corrected chi connectivity index (χ3v) is 5.26. The van der Waals surface area contributed by atoms with Gasteiger partial charge in [-0.1, -0.05) is 18.1 Å². The number of rotatable bonds is 3. The van der Waals surface area contributed by atoms with Crippen LogP contribution in [0.2, 0.25) is 0 Å². The Kier molecular flexibility index (Phi) is 3.63. The van der Waals surface area contributed by atoms with Gasteiger partial charge >= 0.3 is 0 Å². The molecule has 136 valence electrons. The van der Waals surface area contributed by atoms with Crippen molar-refractivity contribution in [3.63, 3.8) is 0 Å². The largest absolute Gasteiger partial charge is 0.322 e. The fourth-order valence-corrected chi connectivity index (χ4v) is 3.81. The second kappa shape index (κ2) is 6.15. The number of pyridine rings is 1. The number of imidazole rings is 1. The lowest BCUT2D eigenvalue weighted by atomic mass is 10.2. The number of carbonyl (C=O) groups is 1. The molecule has 0 bridgehead atoms. The first kappa shape index (κ1) is 15.9. The van der Waals surface area contributed by atoms with Crippen molar-refractivity contribution in [1.29, 1.82) is 0 Å². The molecule has 8 heteroatoms. The summed E-state index contributed by atoms with van der Waals surface area (Å²) >= 11 is 0. The molecule has 0 atom stereocenters. The normalized spacial score (nSPS) is 15.0. The van der Waals surface area contributed by atoms with Crippen molar-refractivity contribution in [3.05, 3.63) is 42.4 Å². The van der Waals surface area contributed by atoms with Gasteiger partial charge < -0.3 is 9.88 Å². The molecule has 0 radical (unpaired) electrons. The van der Waals surface area contributed by atoms with Gasteiger partial charge in [-0.25, -0.2) is 14.6 Å². The van der Waals surface area contributed by atoms with Crippen LogP contribution in [0.3, 0.4) is 0 Å². The highest BCUT2D eigenvalue weighted by Gasteiger charge is 2.20. The van der Waals surface area contributed by atoms with Crippen molar-refractivity contribution in [1.82, 2.24) is 29.5 Å². The quantitative estimate of drug-likeness (QED) is 0.605. The lowest BCUT2D eigenvalue weighted by Gasteiger charge is -2.11. The fraction of sp³-hybridized carbons (Fsp3) is 0.316. The topological polar surface area (TPSA) is 90.5 Å². The molecule has 4 aromatic rings. The van der Waals surface area contributed by atoms with Crippen molar-refractivity contribution in [3.8, 4) is 0 Å². The molecule has 27 heavy (non-hydrogen) atoms. The van der Waals surface area contributed by atoms with Crippen molar-refractivity contribution < 1.29 is 4.79 Å². The number of anilines is 1. The Labute approximate surface area is 155 Å².